The molecule has 1 amide bonds. The van der Waals surface area contributed by atoms with Crippen LogP contribution < -0.4 is 10.1 Å². The average Bonchev–Trinajstić information content (AvgIpc) is 2.47. The maximum Gasteiger partial charge on any atom is 0.225 e. The number of carbonyl (C=O) groups is 1. The summed E-state index contributed by atoms with van der Waals surface area (Å²) in [5.74, 6) is 0.594. The lowest BCUT2D eigenvalue weighted by Gasteiger charge is -2.26. The molecule has 120 valence electrons. The molecule has 1 aliphatic rings. The van der Waals surface area contributed by atoms with Gasteiger partial charge in [-0.1, -0.05) is 23.7 Å². The number of carbonyl (C=O) groups excluding carboxylic acids is 1. The van der Waals surface area contributed by atoms with Crippen LogP contribution in [0.4, 0.5) is 5.69 Å². The van der Waals surface area contributed by atoms with Crippen LogP contribution in [0.5, 0.6) is 11.5 Å². The first-order valence-corrected chi connectivity index (χ1v) is 7.90. The average molecular weight is 332 g/mol. The summed E-state index contributed by atoms with van der Waals surface area (Å²) >= 11 is 6.32. The maximum atomic E-state index is 12.0. The summed E-state index contributed by atoms with van der Waals surface area (Å²) in [5.41, 5.74) is 2.56. The SMILES string of the molecule is CC(C)Oc1ccc(C2CC(=O)Nc3cc(O)ccc32)cc1Cl. The minimum Gasteiger partial charge on any atom is -0.508 e. The summed E-state index contributed by atoms with van der Waals surface area (Å²) in [5, 5.41) is 12.9. The highest BCUT2D eigenvalue weighted by Crippen LogP contribution is 2.40. The number of rotatable bonds is 3. The third kappa shape index (κ3) is 3.27. The lowest BCUT2D eigenvalue weighted by molar-refractivity contribution is -0.116. The van der Waals surface area contributed by atoms with E-state index in [4.69, 9.17) is 16.3 Å². The van der Waals surface area contributed by atoms with Crippen LogP contribution in [0, 0.1) is 0 Å². The second-order valence-corrected chi connectivity index (χ2v) is 6.34. The van der Waals surface area contributed by atoms with Crippen molar-refractivity contribution in [3.05, 3.63) is 52.5 Å². The highest BCUT2D eigenvalue weighted by molar-refractivity contribution is 6.32. The Morgan fingerprint density at radius 2 is 2.04 bits per heavy atom. The number of ether oxygens (including phenoxy) is 1. The van der Waals surface area contributed by atoms with Gasteiger partial charge in [-0.05, 0) is 43.2 Å². The summed E-state index contributed by atoms with van der Waals surface area (Å²) in [7, 11) is 0. The van der Waals surface area contributed by atoms with E-state index in [1.165, 1.54) is 0 Å². The molecule has 0 saturated carbocycles. The number of aromatic hydroxyl groups is 1. The molecule has 1 unspecified atom stereocenters. The van der Waals surface area contributed by atoms with Gasteiger partial charge in [0.1, 0.15) is 11.5 Å². The van der Waals surface area contributed by atoms with E-state index in [1.807, 2.05) is 38.1 Å². The van der Waals surface area contributed by atoms with Crippen LogP contribution in [0.15, 0.2) is 36.4 Å². The molecular formula is C18H18ClNO3. The number of fused-ring (bicyclic) bond motifs is 1. The minimum absolute atomic E-state index is 0.0440. The molecule has 0 fully saturated rings. The number of hydrogen-bond acceptors (Lipinski definition) is 3. The van der Waals surface area contributed by atoms with Crippen LogP contribution in [-0.2, 0) is 4.79 Å². The quantitative estimate of drug-likeness (QED) is 0.881. The van der Waals surface area contributed by atoms with Crippen molar-refractivity contribution in [3.63, 3.8) is 0 Å². The van der Waals surface area contributed by atoms with Gasteiger partial charge < -0.3 is 15.2 Å². The Bertz CT molecular complexity index is 758. The molecule has 0 aromatic heterocycles. The highest BCUT2D eigenvalue weighted by Gasteiger charge is 2.27. The minimum atomic E-state index is -0.0926. The van der Waals surface area contributed by atoms with Crippen molar-refractivity contribution in [2.75, 3.05) is 5.32 Å². The monoisotopic (exact) mass is 331 g/mol. The van der Waals surface area contributed by atoms with Crippen LogP contribution in [0.3, 0.4) is 0 Å². The predicted octanol–water partition coefficient (Wildman–Crippen LogP) is 4.31. The highest BCUT2D eigenvalue weighted by atomic mass is 35.5. The number of benzene rings is 2. The molecule has 0 saturated heterocycles. The molecule has 0 bridgehead atoms. The van der Waals surface area contributed by atoms with E-state index in [0.29, 0.717) is 22.9 Å². The number of amides is 1. The first kappa shape index (κ1) is 15.7. The molecule has 23 heavy (non-hydrogen) atoms. The van der Waals surface area contributed by atoms with Gasteiger partial charge in [-0.3, -0.25) is 4.79 Å². The second-order valence-electron chi connectivity index (χ2n) is 5.93. The van der Waals surface area contributed by atoms with E-state index in [2.05, 4.69) is 5.32 Å². The van der Waals surface area contributed by atoms with E-state index >= 15 is 0 Å². The van der Waals surface area contributed by atoms with Crippen molar-refractivity contribution >= 4 is 23.2 Å². The third-order valence-corrected chi connectivity index (χ3v) is 4.09. The molecule has 5 heteroatoms. The summed E-state index contributed by atoms with van der Waals surface area (Å²) in [6, 6.07) is 10.6. The number of hydrogen-bond donors (Lipinski definition) is 2. The van der Waals surface area contributed by atoms with Crippen LogP contribution in [-0.4, -0.2) is 17.1 Å². The van der Waals surface area contributed by atoms with Gasteiger partial charge in [0.15, 0.2) is 0 Å². The summed E-state index contributed by atoms with van der Waals surface area (Å²) in [6.45, 7) is 3.89. The van der Waals surface area contributed by atoms with Crippen LogP contribution >= 0.6 is 11.6 Å². The van der Waals surface area contributed by atoms with Crippen molar-refractivity contribution in [3.8, 4) is 11.5 Å². The maximum absolute atomic E-state index is 12.0. The van der Waals surface area contributed by atoms with Gasteiger partial charge >= 0.3 is 0 Å². The third-order valence-electron chi connectivity index (χ3n) is 3.80. The fraction of sp³-hybridized carbons (Fsp3) is 0.278. The van der Waals surface area contributed by atoms with E-state index in [9.17, 15) is 9.90 Å². The Morgan fingerprint density at radius 1 is 1.26 bits per heavy atom. The van der Waals surface area contributed by atoms with Crippen molar-refractivity contribution in [2.45, 2.75) is 32.3 Å². The number of nitrogens with one attached hydrogen (secondary N) is 1. The molecule has 1 atom stereocenters. The Labute approximate surface area is 140 Å². The number of phenols is 1. The van der Waals surface area contributed by atoms with Crippen LogP contribution in [0.1, 0.15) is 37.3 Å². The largest absolute Gasteiger partial charge is 0.508 e. The Morgan fingerprint density at radius 3 is 2.74 bits per heavy atom. The van der Waals surface area contributed by atoms with Crippen LogP contribution in [0.2, 0.25) is 5.02 Å². The van der Waals surface area contributed by atoms with Crippen molar-refractivity contribution in [1.29, 1.82) is 0 Å². The van der Waals surface area contributed by atoms with Gasteiger partial charge in [0.2, 0.25) is 5.91 Å². The first-order chi connectivity index (χ1) is 10.9. The molecule has 4 nitrogen and oxygen atoms in total. The molecule has 1 heterocycles. The lowest BCUT2D eigenvalue weighted by Crippen LogP contribution is -2.23. The molecule has 1 aliphatic heterocycles. The van der Waals surface area contributed by atoms with Gasteiger partial charge in [0.25, 0.3) is 0 Å². The Balaban J connectivity index is 1.99. The zero-order valence-electron chi connectivity index (χ0n) is 13.0. The number of phenolic OH excluding ortho intramolecular Hbond substituents is 1. The first-order valence-electron chi connectivity index (χ1n) is 7.53. The van der Waals surface area contributed by atoms with E-state index < -0.39 is 0 Å². The summed E-state index contributed by atoms with van der Waals surface area (Å²) < 4.78 is 5.65. The fourth-order valence-corrected chi connectivity index (χ4v) is 3.07. The van der Waals surface area contributed by atoms with Gasteiger partial charge in [0, 0.05) is 24.1 Å². The van der Waals surface area contributed by atoms with E-state index in [0.717, 1.165) is 11.1 Å². The topological polar surface area (TPSA) is 58.6 Å². The van der Waals surface area contributed by atoms with Gasteiger partial charge in [-0.15, -0.1) is 0 Å². The summed E-state index contributed by atoms with van der Waals surface area (Å²) in [6.07, 6.45) is 0.390. The molecular weight excluding hydrogens is 314 g/mol. The zero-order valence-corrected chi connectivity index (χ0v) is 13.7. The predicted molar refractivity (Wildman–Crippen MR) is 90.4 cm³/mol. The number of anilines is 1. The van der Waals surface area contributed by atoms with Crippen molar-refractivity contribution in [1.82, 2.24) is 0 Å². The standard InChI is InChI=1S/C18H18ClNO3/c1-10(2)23-17-6-3-11(7-15(17)19)14-9-18(22)20-16-8-12(21)4-5-13(14)16/h3-8,10,14,21H,9H2,1-2H3,(H,20,22). The Hall–Kier alpha value is -2.20. The molecule has 2 aromatic carbocycles. The molecule has 0 aliphatic carbocycles. The van der Waals surface area contributed by atoms with Crippen molar-refractivity contribution < 1.29 is 14.6 Å². The molecule has 0 radical (unpaired) electrons. The molecule has 2 N–H and O–H groups in total. The smallest absolute Gasteiger partial charge is 0.225 e. The van der Waals surface area contributed by atoms with Crippen LogP contribution in [0.25, 0.3) is 0 Å². The molecule has 3 rings (SSSR count). The van der Waals surface area contributed by atoms with Gasteiger partial charge in [-0.2, -0.15) is 0 Å². The molecule has 0 spiro atoms. The second kappa shape index (κ2) is 6.13. The lowest BCUT2D eigenvalue weighted by atomic mass is 9.85. The summed E-state index contributed by atoms with van der Waals surface area (Å²) in [4.78, 5) is 12.0. The van der Waals surface area contributed by atoms with Crippen molar-refractivity contribution in [2.24, 2.45) is 0 Å². The fourth-order valence-electron chi connectivity index (χ4n) is 2.83. The zero-order chi connectivity index (χ0) is 16.6. The van der Waals surface area contributed by atoms with Gasteiger partial charge in [-0.25, -0.2) is 0 Å². The van der Waals surface area contributed by atoms with Gasteiger partial charge in [0.05, 0.1) is 11.1 Å². The van der Waals surface area contributed by atoms with E-state index in [-0.39, 0.29) is 23.7 Å². The van der Waals surface area contributed by atoms with E-state index in [1.54, 1.807) is 12.1 Å². The number of halogens is 1. The molecule has 2 aromatic rings. The normalized spacial score (nSPS) is 16.9. The Kier molecular flexibility index (Phi) is 4.18.